The summed E-state index contributed by atoms with van der Waals surface area (Å²) in [6.07, 6.45) is 1.02. The van der Waals surface area contributed by atoms with E-state index in [1.807, 2.05) is 0 Å². The van der Waals surface area contributed by atoms with E-state index in [-0.39, 0.29) is 0 Å². The Morgan fingerprint density at radius 2 is 2.17 bits per heavy atom. The third-order valence-corrected chi connectivity index (χ3v) is 1.75. The van der Waals surface area contributed by atoms with Crippen LogP contribution < -0.4 is 5.32 Å². The molecular weight excluding hydrogens is 197 g/mol. The highest BCUT2D eigenvalue weighted by Gasteiger charge is 2.01. The minimum atomic E-state index is 0.345. The number of rotatable bonds is 3. The molecular formula is C7H9Cl2N3. The molecule has 5 heteroatoms. The van der Waals surface area contributed by atoms with E-state index in [9.17, 15) is 0 Å². The molecule has 66 valence electrons. The Labute approximate surface area is 81.1 Å². The highest BCUT2D eigenvalue weighted by Crippen LogP contribution is 2.20. The average Bonchev–Trinajstić information content (AvgIpc) is 2.07. The zero-order chi connectivity index (χ0) is 8.97. The largest absolute Gasteiger partial charge is 0.382 e. The lowest BCUT2D eigenvalue weighted by atomic mass is 10.4. The normalized spacial score (nSPS) is 9.92. The van der Waals surface area contributed by atoms with Crippen LogP contribution in [-0.2, 0) is 0 Å². The van der Waals surface area contributed by atoms with Gasteiger partial charge in [-0.1, -0.05) is 30.1 Å². The van der Waals surface area contributed by atoms with Gasteiger partial charge in [0.25, 0.3) is 0 Å². The summed E-state index contributed by atoms with van der Waals surface area (Å²) in [5.41, 5.74) is 0.735. The summed E-state index contributed by atoms with van der Waals surface area (Å²) in [6, 6.07) is 1.66. The highest BCUT2D eigenvalue weighted by molar-refractivity contribution is 6.33. The number of aromatic nitrogens is 2. The van der Waals surface area contributed by atoms with Crippen LogP contribution in [0.1, 0.15) is 13.3 Å². The van der Waals surface area contributed by atoms with Gasteiger partial charge in [0, 0.05) is 12.6 Å². The van der Waals surface area contributed by atoms with Crippen LogP contribution in [0.2, 0.25) is 10.3 Å². The van der Waals surface area contributed by atoms with Gasteiger partial charge >= 0.3 is 0 Å². The van der Waals surface area contributed by atoms with Crippen molar-refractivity contribution in [2.24, 2.45) is 0 Å². The van der Waals surface area contributed by atoms with Crippen molar-refractivity contribution < 1.29 is 0 Å². The van der Waals surface area contributed by atoms with Gasteiger partial charge in [-0.15, -0.1) is 10.2 Å². The number of nitrogens with zero attached hydrogens (tertiary/aromatic N) is 2. The molecule has 0 spiro atoms. The van der Waals surface area contributed by atoms with Crippen LogP contribution in [-0.4, -0.2) is 16.7 Å². The van der Waals surface area contributed by atoms with Crippen molar-refractivity contribution in [2.75, 3.05) is 11.9 Å². The van der Waals surface area contributed by atoms with E-state index in [0.717, 1.165) is 18.7 Å². The number of hydrogen-bond donors (Lipinski definition) is 1. The predicted molar refractivity (Wildman–Crippen MR) is 50.8 cm³/mol. The minimum Gasteiger partial charge on any atom is -0.382 e. The highest BCUT2D eigenvalue weighted by atomic mass is 35.5. The maximum Gasteiger partial charge on any atom is 0.174 e. The minimum absolute atomic E-state index is 0.345. The van der Waals surface area contributed by atoms with Gasteiger partial charge in [0.1, 0.15) is 0 Å². The second-order valence-electron chi connectivity index (χ2n) is 2.30. The molecule has 0 fully saturated rings. The van der Waals surface area contributed by atoms with Gasteiger partial charge in [-0.25, -0.2) is 0 Å². The van der Waals surface area contributed by atoms with Crippen LogP contribution in [0.15, 0.2) is 6.07 Å². The molecule has 1 rings (SSSR count). The second-order valence-corrected chi connectivity index (χ2v) is 3.04. The fraction of sp³-hybridized carbons (Fsp3) is 0.429. The summed E-state index contributed by atoms with van der Waals surface area (Å²) in [5.74, 6) is 0. The maximum absolute atomic E-state index is 5.74. The molecule has 0 radical (unpaired) electrons. The lowest BCUT2D eigenvalue weighted by Crippen LogP contribution is -2.01. The van der Waals surface area contributed by atoms with Crippen LogP contribution >= 0.6 is 23.2 Å². The van der Waals surface area contributed by atoms with Crippen molar-refractivity contribution in [3.05, 3.63) is 16.4 Å². The summed E-state index contributed by atoms with van der Waals surface area (Å²) >= 11 is 11.4. The van der Waals surface area contributed by atoms with E-state index in [4.69, 9.17) is 23.2 Å². The molecule has 12 heavy (non-hydrogen) atoms. The van der Waals surface area contributed by atoms with Crippen LogP contribution in [0, 0.1) is 0 Å². The van der Waals surface area contributed by atoms with Gasteiger partial charge in [0.05, 0.1) is 5.69 Å². The van der Waals surface area contributed by atoms with Gasteiger partial charge in [-0.05, 0) is 6.42 Å². The molecule has 1 aromatic heterocycles. The average molecular weight is 206 g/mol. The van der Waals surface area contributed by atoms with E-state index in [1.54, 1.807) is 6.07 Å². The Kier molecular flexibility index (Phi) is 3.56. The van der Waals surface area contributed by atoms with Crippen LogP contribution in [0.5, 0.6) is 0 Å². The molecule has 1 heterocycles. The van der Waals surface area contributed by atoms with E-state index >= 15 is 0 Å². The molecule has 0 atom stereocenters. The van der Waals surface area contributed by atoms with Crippen molar-refractivity contribution in [2.45, 2.75) is 13.3 Å². The first kappa shape index (κ1) is 9.55. The van der Waals surface area contributed by atoms with E-state index < -0.39 is 0 Å². The molecule has 0 saturated heterocycles. The first-order valence-electron chi connectivity index (χ1n) is 3.66. The lowest BCUT2D eigenvalue weighted by molar-refractivity contribution is 0.965. The molecule has 0 unspecified atom stereocenters. The van der Waals surface area contributed by atoms with Crippen LogP contribution in [0.25, 0.3) is 0 Å². The predicted octanol–water partition coefficient (Wildman–Crippen LogP) is 2.61. The summed E-state index contributed by atoms with van der Waals surface area (Å²) < 4.78 is 0. The molecule has 1 N–H and O–H groups in total. The van der Waals surface area contributed by atoms with Gasteiger partial charge < -0.3 is 5.32 Å². The summed E-state index contributed by atoms with van der Waals surface area (Å²) in [4.78, 5) is 0. The van der Waals surface area contributed by atoms with Gasteiger partial charge in [0.15, 0.2) is 10.3 Å². The van der Waals surface area contributed by atoms with Crippen molar-refractivity contribution in [3.63, 3.8) is 0 Å². The van der Waals surface area contributed by atoms with Crippen molar-refractivity contribution in [1.82, 2.24) is 10.2 Å². The van der Waals surface area contributed by atoms with Crippen molar-refractivity contribution in [3.8, 4) is 0 Å². The van der Waals surface area contributed by atoms with Crippen molar-refractivity contribution >= 4 is 28.9 Å². The van der Waals surface area contributed by atoms with Gasteiger partial charge in [0.2, 0.25) is 0 Å². The summed E-state index contributed by atoms with van der Waals surface area (Å²) in [6.45, 7) is 2.92. The van der Waals surface area contributed by atoms with E-state index in [1.165, 1.54) is 0 Å². The Morgan fingerprint density at radius 1 is 1.42 bits per heavy atom. The quantitative estimate of drug-likeness (QED) is 0.825. The summed E-state index contributed by atoms with van der Waals surface area (Å²) in [7, 11) is 0. The monoisotopic (exact) mass is 205 g/mol. The Bertz CT molecular complexity index is 265. The van der Waals surface area contributed by atoms with Crippen molar-refractivity contribution in [1.29, 1.82) is 0 Å². The third-order valence-electron chi connectivity index (χ3n) is 1.28. The fourth-order valence-corrected chi connectivity index (χ4v) is 1.04. The van der Waals surface area contributed by atoms with E-state index in [0.29, 0.717) is 10.3 Å². The maximum atomic E-state index is 5.74. The Hall–Kier alpha value is -0.540. The molecule has 1 aromatic rings. The zero-order valence-corrected chi connectivity index (χ0v) is 8.15. The molecule has 3 nitrogen and oxygen atoms in total. The van der Waals surface area contributed by atoms with Crippen LogP contribution in [0.3, 0.4) is 0 Å². The lowest BCUT2D eigenvalue weighted by Gasteiger charge is -2.04. The molecule has 0 aromatic carbocycles. The number of hydrogen-bond acceptors (Lipinski definition) is 3. The molecule has 0 amide bonds. The third kappa shape index (κ3) is 2.50. The first-order valence-corrected chi connectivity index (χ1v) is 4.42. The van der Waals surface area contributed by atoms with Gasteiger partial charge in [-0.2, -0.15) is 0 Å². The van der Waals surface area contributed by atoms with Crippen LogP contribution in [0.4, 0.5) is 5.69 Å². The van der Waals surface area contributed by atoms with E-state index in [2.05, 4.69) is 22.4 Å². The molecule has 0 saturated carbocycles. The number of halogens is 2. The standard InChI is InChI=1S/C7H9Cl2N3/c1-2-3-10-5-4-6(8)11-12-7(5)9/h4H,2-3H2,1H3,(H,10,11). The molecule has 0 bridgehead atoms. The second kappa shape index (κ2) is 4.48. The number of nitrogens with one attached hydrogen (secondary N) is 1. The SMILES string of the molecule is CCCNc1cc(Cl)nnc1Cl. The molecule has 0 aliphatic carbocycles. The molecule has 0 aliphatic heterocycles. The topological polar surface area (TPSA) is 37.8 Å². The van der Waals surface area contributed by atoms with Gasteiger partial charge in [-0.3, -0.25) is 0 Å². The Balaban J connectivity index is 2.75. The first-order chi connectivity index (χ1) is 5.74. The molecule has 0 aliphatic rings. The zero-order valence-electron chi connectivity index (χ0n) is 6.64. The Morgan fingerprint density at radius 3 is 2.83 bits per heavy atom. The number of anilines is 1. The summed E-state index contributed by atoms with van der Waals surface area (Å²) in [5, 5.41) is 11.0. The smallest absolute Gasteiger partial charge is 0.174 e. The fourth-order valence-electron chi connectivity index (χ4n) is 0.737.